The zero-order valence-corrected chi connectivity index (χ0v) is 25.0. The van der Waals surface area contributed by atoms with Crippen molar-refractivity contribution in [2.24, 2.45) is 0 Å². The first-order chi connectivity index (χ1) is 20.0. The first-order valence-electron chi connectivity index (χ1n) is 13.4. The van der Waals surface area contributed by atoms with E-state index in [0.717, 1.165) is 39.0 Å². The van der Waals surface area contributed by atoms with Crippen LogP contribution in [-0.4, -0.2) is 48.1 Å². The molecule has 218 valence electrons. The van der Waals surface area contributed by atoms with Crippen molar-refractivity contribution < 1.29 is 28.7 Å². The molecular weight excluding hydrogens is 554 g/mol. The molecule has 0 unspecified atom stereocenters. The molecular formula is C32H33N3O6S. The number of nitrogens with one attached hydrogen (secondary N) is 2. The van der Waals surface area contributed by atoms with Gasteiger partial charge in [0.15, 0.2) is 18.1 Å². The van der Waals surface area contributed by atoms with E-state index in [2.05, 4.69) is 24.5 Å². The van der Waals surface area contributed by atoms with E-state index < -0.39 is 23.6 Å². The largest absolute Gasteiger partial charge is 0.493 e. The summed E-state index contributed by atoms with van der Waals surface area (Å²) in [7, 11) is 1.47. The molecule has 0 radical (unpaired) electrons. The third-order valence-electron chi connectivity index (χ3n) is 6.53. The van der Waals surface area contributed by atoms with Crippen LogP contribution in [0.1, 0.15) is 42.0 Å². The molecule has 9 nitrogen and oxygen atoms in total. The second-order valence-corrected chi connectivity index (χ2v) is 11.1. The molecule has 0 atom stereocenters. The van der Waals surface area contributed by atoms with E-state index in [1.807, 2.05) is 50.2 Å². The number of methoxy groups -OCH3 is 1. The van der Waals surface area contributed by atoms with Crippen LogP contribution in [0.15, 0.2) is 65.6 Å². The van der Waals surface area contributed by atoms with Gasteiger partial charge in [-0.25, -0.2) is 0 Å². The summed E-state index contributed by atoms with van der Waals surface area (Å²) in [6.07, 6.45) is 1.55. The lowest BCUT2D eigenvalue weighted by atomic mass is 10.0. The summed E-state index contributed by atoms with van der Waals surface area (Å²) in [4.78, 5) is 51.8. The van der Waals surface area contributed by atoms with Gasteiger partial charge in [-0.3, -0.25) is 24.1 Å². The average molecular weight is 588 g/mol. The zero-order chi connectivity index (χ0) is 30.4. The van der Waals surface area contributed by atoms with Crippen molar-refractivity contribution in [1.82, 2.24) is 4.90 Å². The number of carbonyl (C=O) groups excluding carboxylic acids is 4. The topological polar surface area (TPSA) is 114 Å². The number of aryl methyl sites for hydroxylation is 2. The maximum absolute atomic E-state index is 13.0. The molecule has 3 aromatic rings. The fraction of sp³-hybridized carbons (Fsp3) is 0.250. The van der Waals surface area contributed by atoms with E-state index in [4.69, 9.17) is 9.47 Å². The fourth-order valence-electron chi connectivity index (χ4n) is 4.41. The summed E-state index contributed by atoms with van der Waals surface area (Å²) in [5, 5.41) is 5.12. The predicted molar refractivity (Wildman–Crippen MR) is 165 cm³/mol. The van der Waals surface area contributed by atoms with E-state index >= 15 is 0 Å². The van der Waals surface area contributed by atoms with Crippen LogP contribution in [0.3, 0.4) is 0 Å². The maximum Gasteiger partial charge on any atom is 0.294 e. The molecule has 1 saturated heterocycles. The summed E-state index contributed by atoms with van der Waals surface area (Å²) < 4.78 is 11.2. The molecule has 0 spiro atoms. The molecule has 1 aliphatic rings. The Kier molecular flexibility index (Phi) is 9.69. The Balaban J connectivity index is 1.39. The molecule has 1 aliphatic heterocycles. The highest BCUT2D eigenvalue weighted by atomic mass is 32.2. The number of para-hydroxylation sites is 1. The van der Waals surface area contributed by atoms with E-state index in [1.54, 1.807) is 30.3 Å². The number of ether oxygens (including phenoxy) is 2. The van der Waals surface area contributed by atoms with Crippen LogP contribution >= 0.6 is 11.8 Å². The number of rotatable bonds is 10. The van der Waals surface area contributed by atoms with Crippen LogP contribution in [0, 0.1) is 13.8 Å². The number of amides is 4. The van der Waals surface area contributed by atoms with E-state index in [-0.39, 0.29) is 23.3 Å². The summed E-state index contributed by atoms with van der Waals surface area (Å²) in [5.41, 5.74) is 4.92. The lowest BCUT2D eigenvalue weighted by Crippen LogP contribution is -2.36. The Bertz CT molecular complexity index is 1570. The van der Waals surface area contributed by atoms with E-state index in [9.17, 15) is 19.2 Å². The normalized spacial score (nSPS) is 14.0. The maximum atomic E-state index is 13.0. The Morgan fingerprint density at radius 2 is 1.67 bits per heavy atom. The average Bonchev–Trinajstić information content (AvgIpc) is 3.21. The number of anilines is 2. The molecule has 0 bridgehead atoms. The minimum absolute atomic E-state index is 0.179. The quantitative estimate of drug-likeness (QED) is 0.274. The van der Waals surface area contributed by atoms with Crippen molar-refractivity contribution in [2.75, 3.05) is 30.9 Å². The van der Waals surface area contributed by atoms with Crippen LogP contribution in [0.2, 0.25) is 0 Å². The smallest absolute Gasteiger partial charge is 0.294 e. The van der Waals surface area contributed by atoms with Crippen molar-refractivity contribution >= 4 is 52.2 Å². The van der Waals surface area contributed by atoms with Crippen LogP contribution in [-0.2, 0) is 14.4 Å². The van der Waals surface area contributed by atoms with Gasteiger partial charge >= 0.3 is 0 Å². The molecule has 10 heteroatoms. The first kappa shape index (κ1) is 30.4. The minimum Gasteiger partial charge on any atom is -0.493 e. The standard InChI is InChI=1S/C32H33N3O6S/c1-19(2)23-8-6-7-9-25(23)34-30(37)18-41-26-13-11-22(15-27(26)40-5)16-28-31(38)35(32(39)42-28)17-29(36)33-24-12-10-20(3)14-21(24)4/h6-16,19H,17-18H2,1-5H3,(H,33,36)(H,34,37)/b28-16-. The molecule has 2 N–H and O–H groups in total. The van der Waals surface area contributed by atoms with Gasteiger partial charge in [-0.05, 0) is 78.6 Å². The van der Waals surface area contributed by atoms with Gasteiger partial charge in [0.05, 0.1) is 12.0 Å². The van der Waals surface area contributed by atoms with Crippen LogP contribution in [0.4, 0.5) is 16.2 Å². The highest BCUT2D eigenvalue weighted by molar-refractivity contribution is 8.18. The molecule has 1 fully saturated rings. The molecule has 1 heterocycles. The Morgan fingerprint density at radius 3 is 2.38 bits per heavy atom. The molecule has 0 saturated carbocycles. The van der Waals surface area contributed by atoms with Gasteiger partial charge in [-0.1, -0.05) is 55.8 Å². The monoisotopic (exact) mass is 587 g/mol. The predicted octanol–water partition coefficient (Wildman–Crippen LogP) is 6.13. The van der Waals surface area contributed by atoms with Crippen LogP contribution in [0.5, 0.6) is 11.5 Å². The number of benzene rings is 3. The second-order valence-electron chi connectivity index (χ2n) is 10.1. The fourth-order valence-corrected chi connectivity index (χ4v) is 5.25. The summed E-state index contributed by atoms with van der Waals surface area (Å²) in [5.74, 6) is -0.394. The number of hydrogen-bond acceptors (Lipinski definition) is 7. The molecule has 0 aliphatic carbocycles. The van der Waals surface area contributed by atoms with Gasteiger partial charge in [-0.15, -0.1) is 0 Å². The van der Waals surface area contributed by atoms with E-state index in [0.29, 0.717) is 22.7 Å². The third kappa shape index (κ3) is 7.38. The lowest BCUT2D eigenvalue weighted by Gasteiger charge is -2.15. The van der Waals surface area contributed by atoms with Crippen molar-refractivity contribution in [3.63, 3.8) is 0 Å². The Morgan fingerprint density at radius 1 is 0.929 bits per heavy atom. The second kappa shape index (κ2) is 13.4. The number of imide groups is 1. The van der Waals surface area contributed by atoms with Gasteiger partial charge in [0.1, 0.15) is 6.54 Å². The summed E-state index contributed by atoms with van der Waals surface area (Å²) >= 11 is 0.759. The molecule has 4 rings (SSSR count). The number of thioether (sulfide) groups is 1. The number of nitrogens with zero attached hydrogens (tertiary/aromatic N) is 1. The lowest BCUT2D eigenvalue weighted by molar-refractivity contribution is -0.127. The molecule has 3 aromatic carbocycles. The Labute approximate surface area is 249 Å². The minimum atomic E-state index is -0.557. The molecule has 42 heavy (non-hydrogen) atoms. The summed E-state index contributed by atoms with van der Waals surface area (Å²) in [6, 6.07) is 18.2. The third-order valence-corrected chi connectivity index (χ3v) is 7.44. The molecule has 0 aromatic heterocycles. The van der Waals surface area contributed by atoms with Gasteiger partial charge < -0.3 is 20.1 Å². The Hall–Kier alpha value is -4.57. The van der Waals surface area contributed by atoms with Gasteiger partial charge in [0.25, 0.3) is 17.1 Å². The molecule has 4 amide bonds. The summed E-state index contributed by atoms with van der Waals surface area (Å²) in [6.45, 7) is 7.31. The number of carbonyl (C=O) groups is 4. The highest BCUT2D eigenvalue weighted by Gasteiger charge is 2.36. The number of hydrogen-bond donors (Lipinski definition) is 2. The van der Waals surface area contributed by atoms with Gasteiger partial charge in [-0.2, -0.15) is 0 Å². The van der Waals surface area contributed by atoms with Crippen molar-refractivity contribution in [3.8, 4) is 11.5 Å². The van der Waals surface area contributed by atoms with Crippen molar-refractivity contribution in [3.05, 3.63) is 87.8 Å². The van der Waals surface area contributed by atoms with Crippen LogP contribution in [0.25, 0.3) is 6.08 Å². The van der Waals surface area contributed by atoms with Crippen LogP contribution < -0.4 is 20.1 Å². The highest BCUT2D eigenvalue weighted by Crippen LogP contribution is 2.34. The van der Waals surface area contributed by atoms with Gasteiger partial charge in [0.2, 0.25) is 5.91 Å². The van der Waals surface area contributed by atoms with E-state index in [1.165, 1.54) is 7.11 Å². The zero-order valence-electron chi connectivity index (χ0n) is 24.1. The SMILES string of the molecule is COc1cc(/C=C2\SC(=O)N(CC(=O)Nc3ccc(C)cc3C)C2=O)ccc1OCC(=O)Nc1ccccc1C(C)C. The van der Waals surface area contributed by atoms with Crippen molar-refractivity contribution in [2.45, 2.75) is 33.6 Å². The van der Waals surface area contributed by atoms with Crippen molar-refractivity contribution in [1.29, 1.82) is 0 Å². The van der Waals surface area contributed by atoms with Gasteiger partial charge in [0, 0.05) is 11.4 Å². The first-order valence-corrected chi connectivity index (χ1v) is 14.2.